The average Bonchev–Trinajstić information content (AvgIpc) is 2.63. The molecule has 0 aromatic heterocycles. The fourth-order valence-electron chi connectivity index (χ4n) is 3.22. The van der Waals surface area contributed by atoms with Crippen molar-refractivity contribution in [3.63, 3.8) is 0 Å². The molecule has 0 aliphatic heterocycles. The molecule has 29 heavy (non-hydrogen) atoms. The molecule has 3 rings (SSSR count). The van der Waals surface area contributed by atoms with Gasteiger partial charge in [0.05, 0.1) is 5.02 Å². The van der Waals surface area contributed by atoms with Crippen LogP contribution in [-0.2, 0) is 14.9 Å². The van der Waals surface area contributed by atoms with Gasteiger partial charge in [-0.2, -0.15) is 8.42 Å². The van der Waals surface area contributed by atoms with E-state index >= 15 is 0 Å². The molecule has 0 amide bonds. The van der Waals surface area contributed by atoms with Crippen molar-refractivity contribution in [2.24, 2.45) is 0 Å². The molecular formula is C19H12Cl4O5S. The van der Waals surface area contributed by atoms with Crippen LogP contribution in [0, 0.1) is 0 Å². The lowest BCUT2D eigenvalue weighted by molar-refractivity contribution is 0.455. The van der Waals surface area contributed by atoms with E-state index in [-0.39, 0.29) is 42.5 Å². The molecule has 0 bridgehead atoms. The number of aromatic hydroxyl groups is 2. The molecule has 0 radical (unpaired) electrons. The van der Waals surface area contributed by atoms with Crippen molar-refractivity contribution in [3.05, 3.63) is 91.4 Å². The Morgan fingerprint density at radius 3 is 1.93 bits per heavy atom. The van der Waals surface area contributed by atoms with Crippen LogP contribution in [0.1, 0.15) is 16.7 Å². The highest BCUT2D eigenvalue weighted by atomic mass is 35.5. The first-order chi connectivity index (χ1) is 13.5. The lowest BCUT2D eigenvalue weighted by Gasteiger charge is -2.34. The number of halogens is 4. The Bertz CT molecular complexity index is 1190. The van der Waals surface area contributed by atoms with Gasteiger partial charge in [-0.3, -0.25) is 4.55 Å². The first-order valence-corrected chi connectivity index (χ1v) is 10.9. The van der Waals surface area contributed by atoms with Crippen LogP contribution in [0.3, 0.4) is 0 Å². The number of rotatable bonds is 4. The lowest BCUT2D eigenvalue weighted by Crippen LogP contribution is -2.39. The number of hydrogen-bond donors (Lipinski definition) is 3. The average molecular weight is 494 g/mol. The van der Waals surface area contributed by atoms with Crippen molar-refractivity contribution >= 4 is 56.5 Å². The number of phenolic OH excluding ortho intramolecular Hbond substituents is 2. The summed E-state index contributed by atoms with van der Waals surface area (Å²) in [4.78, 5) is 0. The Morgan fingerprint density at radius 1 is 0.793 bits per heavy atom. The van der Waals surface area contributed by atoms with Gasteiger partial charge >= 0.3 is 0 Å². The Kier molecular flexibility index (Phi) is 5.98. The number of benzene rings is 3. The molecule has 3 N–H and O–H groups in total. The second-order valence-electron chi connectivity index (χ2n) is 6.06. The standard InChI is InChI=1S/C19H12Cl4O5S/c20-13-5-2-6-14(21)16(13)19(29(26,27)28,10-3-1-4-11(24)9-10)12-7-8-15(25)18(23)17(12)22/h1-9,24-25H,(H,26,27,28). The minimum absolute atomic E-state index is 0.0845. The molecule has 10 heteroatoms. The molecule has 0 aliphatic rings. The maximum absolute atomic E-state index is 13.0. The molecule has 5 nitrogen and oxygen atoms in total. The van der Waals surface area contributed by atoms with E-state index in [4.69, 9.17) is 46.4 Å². The van der Waals surface area contributed by atoms with Gasteiger partial charge < -0.3 is 10.2 Å². The highest BCUT2D eigenvalue weighted by Crippen LogP contribution is 2.53. The monoisotopic (exact) mass is 492 g/mol. The van der Waals surface area contributed by atoms with Crippen molar-refractivity contribution in [1.82, 2.24) is 0 Å². The van der Waals surface area contributed by atoms with Crippen molar-refractivity contribution < 1.29 is 23.2 Å². The van der Waals surface area contributed by atoms with Gasteiger partial charge in [-0.05, 0) is 35.9 Å². The summed E-state index contributed by atoms with van der Waals surface area (Å²) in [6, 6.07) is 11.8. The zero-order valence-electron chi connectivity index (χ0n) is 14.3. The summed E-state index contributed by atoms with van der Waals surface area (Å²) in [5, 5.41) is 19.0. The smallest absolute Gasteiger partial charge is 0.283 e. The molecule has 0 saturated heterocycles. The molecule has 3 aromatic rings. The maximum atomic E-state index is 13.0. The minimum Gasteiger partial charge on any atom is -0.508 e. The van der Waals surface area contributed by atoms with E-state index in [0.717, 1.165) is 12.1 Å². The highest BCUT2D eigenvalue weighted by Gasteiger charge is 2.52. The number of phenols is 2. The first-order valence-electron chi connectivity index (χ1n) is 7.90. The Morgan fingerprint density at radius 2 is 1.38 bits per heavy atom. The second-order valence-corrected chi connectivity index (χ2v) is 9.20. The van der Waals surface area contributed by atoms with E-state index in [1.54, 1.807) is 0 Å². The van der Waals surface area contributed by atoms with Crippen LogP contribution in [-0.4, -0.2) is 23.2 Å². The topological polar surface area (TPSA) is 94.8 Å². The van der Waals surface area contributed by atoms with Gasteiger partial charge in [0, 0.05) is 21.2 Å². The van der Waals surface area contributed by atoms with Gasteiger partial charge in [-0.1, -0.05) is 70.7 Å². The van der Waals surface area contributed by atoms with Crippen molar-refractivity contribution in [2.75, 3.05) is 0 Å². The molecule has 1 atom stereocenters. The number of hydrogen-bond acceptors (Lipinski definition) is 4. The Hall–Kier alpha value is -1.67. The zero-order chi connectivity index (χ0) is 21.6. The van der Waals surface area contributed by atoms with Gasteiger partial charge in [0.1, 0.15) is 16.5 Å². The van der Waals surface area contributed by atoms with Crippen molar-refractivity contribution in [1.29, 1.82) is 0 Å². The van der Waals surface area contributed by atoms with Crippen molar-refractivity contribution in [3.8, 4) is 11.5 Å². The maximum Gasteiger partial charge on any atom is 0.283 e. The fraction of sp³-hybridized carbons (Fsp3) is 0.0526. The molecule has 0 heterocycles. The Labute approximate surface area is 186 Å². The second kappa shape index (κ2) is 7.87. The predicted molar refractivity (Wildman–Crippen MR) is 114 cm³/mol. The van der Waals surface area contributed by atoms with Crippen LogP contribution in [0.2, 0.25) is 20.1 Å². The largest absolute Gasteiger partial charge is 0.508 e. The van der Waals surface area contributed by atoms with Gasteiger partial charge in [-0.15, -0.1) is 0 Å². The van der Waals surface area contributed by atoms with E-state index in [1.807, 2.05) is 0 Å². The predicted octanol–water partition coefficient (Wildman–Crippen LogP) is 5.89. The van der Waals surface area contributed by atoms with Gasteiger partial charge in [0.15, 0.2) is 4.75 Å². The summed E-state index contributed by atoms with van der Waals surface area (Å²) in [6.07, 6.45) is 0. The Balaban J connectivity index is 2.66. The third-order valence-corrected chi connectivity index (χ3v) is 7.33. The molecule has 0 spiro atoms. The van der Waals surface area contributed by atoms with Crippen LogP contribution < -0.4 is 0 Å². The van der Waals surface area contributed by atoms with Gasteiger partial charge in [-0.25, -0.2) is 0 Å². The first kappa shape index (κ1) is 22.0. The van der Waals surface area contributed by atoms with E-state index in [9.17, 15) is 23.2 Å². The van der Waals surface area contributed by atoms with Crippen LogP contribution in [0.4, 0.5) is 0 Å². The minimum atomic E-state index is -5.10. The van der Waals surface area contributed by atoms with Crippen LogP contribution in [0.25, 0.3) is 0 Å². The summed E-state index contributed by atoms with van der Waals surface area (Å²) in [5.74, 6) is -0.675. The van der Waals surface area contributed by atoms with Gasteiger partial charge in [0.2, 0.25) is 0 Å². The molecule has 1 unspecified atom stereocenters. The summed E-state index contributed by atoms with van der Waals surface area (Å²) < 4.78 is 34.1. The molecule has 0 aliphatic carbocycles. The summed E-state index contributed by atoms with van der Waals surface area (Å²) in [5.41, 5.74) is -0.510. The summed E-state index contributed by atoms with van der Waals surface area (Å²) >= 11 is 25.0. The third kappa shape index (κ3) is 3.54. The molecule has 0 saturated carbocycles. The zero-order valence-corrected chi connectivity index (χ0v) is 18.1. The fourth-order valence-corrected chi connectivity index (χ4v) is 5.89. The SMILES string of the molecule is O=S(=O)(O)C(c1cccc(O)c1)(c1ccc(O)c(Cl)c1Cl)c1c(Cl)cccc1Cl. The van der Waals surface area contributed by atoms with Crippen LogP contribution in [0.15, 0.2) is 54.6 Å². The van der Waals surface area contributed by atoms with Crippen molar-refractivity contribution in [2.45, 2.75) is 4.75 Å². The molecule has 0 fully saturated rings. The van der Waals surface area contributed by atoms with E-state index in [0.29, 0.717) is 0 Å². The molecule has 152 valence electrons. The van der Waals surface area contributed by atoms with E-state index in [2.05, 4.69) is 0 Å². The van der Waals surface area contributed by atoms with Gasteiger partial charge in [0.25, 0.3) is 10.1 Å². The third-order valence-electron chi connectivity index (χ3n) is 4.40. The highest BCUT2D eigenvalue weighted by molar-refractivity contribution is 7.87. The summed E-state index contributed by atoms with van der Waals surface area (Å²) in [7, 11) is -5.10. The molecule has 3 aromatic carbocycles. The van der Waals surface area contributed by atoms with Crippen LogP contribution in [0.5, 0.6) is 11.5 Å². The lowest BCUT2D eigenvalue weighted by atomic mass is 9.83. The summed E-state index contributed by atoms with van der Waals surface area (Å²) in [6.45, 7) is 0. The van der Waals surface area contributed by atoms with E-state index in [1.165, 1.54) is 42.5 Å². The van der Waals surface area contributed by atoms with E-state index < -0.39 is 20.6 Å². The molecular weight excluding hydrogens is 482 g/mol. The quantitative estimate of drug-likeness (QED) is 0.311. The van der Waals surface area contributed by atoms with Crippen LogP contribution >= 0.6 is 46.4 Å². The normalized spacial score (nSPS) is 13.8.